The Morgan fingerprint density at radius 1 is 1.50 bits per heavy atom. The Morgan fingerprint density at radius 3 is 2.67 bits per heavy atom. The Bertz CT molecular complexity index is 465. The monoisotopic (exact) mass is 251 g/mol. The van der Waals surface area contributed by atoms with Gasteiger partial charge in [-0.2, -0.15) is 5.10 Å². The van der Waals surface area contributed by atoms with Crippen molar-refractivity contribution in [2.45, 2.75) is 39.3 Å². The van der Waals surface area contributed by atoms with Crippen molar-refractivity contribution in [3.8, 4) is 0 Å². The minimum Gasteiger partial charge on any atom is -0.394 e. The average Bonchev–Trinajstić information content (AvgIpc) is 2.77. The molecule has 1 amide bonds. The molecular formula is C12H21N5O. The third kappa shape index (κ3) is 2.02. The molecule has 0 bridgehead atoms. The van der Waals surface area contributed by atoms with E-state index in [1.54, 1.807) is 4.90 Å². The highest BCUT2D eigenvalue weighted by Gasteiger charge is 2.30. The minimum absolute atomic E-state index is 0.114. The van der Waals surface area contributed by atoms with E-state index in [1.165, 1.54) is 0 Å². The lowest BCUT2D eigenvalue weighted by molar-refractivity contribution is -0.127. The number of nitrogens with zero attached hydrogens (tertiary/aromatic N) is 3. The van der Waals surface area contributed by atoms with Gasteiger partial charge >= 0.3 is 0 Å². The predicted octanol–water partition coefficient (Wildman–Crippen LogP) is 0.997. The summed E-state index contributed by atoms with van der Waals surface area (Å²) in [7, 11) is 1.82. The van der Waals surface area contributed by atoms with Crippen LogP contribution in [0.5, 0.6) is 0 Å². The molecule has 1 unspecified atom stereocenters. The quantitative estimate of drug-likeness (QED) is 0.840. The molecule has 0 saturated carbocycles. The number of likely N-dealkylation sites (N-methyl/N-ethyl adjacent to an activating group) is 1. The Kier molecular flexibility index (Phi) is 3.19. The molecule has 1 atom stereocenters. The second kappa shape index (κ2) is 4.51. The summed E-state index contributed by atoms with van der Waals surface area (Å²) in [5.74, 6) is 0.875. The zero-order valence-corrected chi connectivity index (χ0v) is 11.4. The van der Waals surface area contributed by atoms with Crippen molar-refractivity contribution in [3.63, 3.8) is 0 Å². The van der Waals surface area contributed by atoms with E-state index in [4.69, 9.17) is 5.73 Å². The van der Waals surface area contributed by atoms with E-state index in [9.17, 15) is 4.79 Å². The number of nitrogens with one attached hydrogen (secondary N) is 1. The zero-order chi connectivity index (χ0) is 13.4. The fourth-order valence-corrected chi connectivity index (χ4v) is 2.20. The highest BCUT2D eigenvalue weighted by Crippen LogP contribution is 2.27. The fourth-order valence-electron chi connectivity index (χ4n) is 2.20. The highest BCUT2D eigenvalue weighted by atomic mass is 16.2. The molecule has 3 N–H and O–H groups in total. The van der Waals surface area contributed by atoms with Crippen molar-refractivity contribution in [1.29, 1.82) is 0 Å². The number of carbonyl (C=O) groups is 1. The second-order valence-corrected chi connectivity index (χ2v) is 5.13. The third-order valence-corrected chi connectivity index (χ3v) is 3.36. The number of aryl methyl sites for hydroxylation is 1. The summed E-state index contributed by atoms with van der Waals surface area (Å²) < 4.78 is 1.84. The molecule has 100 valence electrons. The maximum Gasteiger partial charge on any atom is 0.244 e. The fraction of sp³-hybridized carbons (Fsp3) is 0.667. The van der Waals surface area contributed by atoms with E-state index in [2.05, 4.69) is 10.4 Å². The van der Waals surface area contributed by atoms with Gasteiger partial charge in [0.25, 0.3) is 0 Å². The van der Waals surface area contributed by atoms with Gasteiger partial charge in [-0.15, -0.1) is 0 Å². The Labute approximate surface area is 107 Å². The molecule has 1 fully saturated rings. The van der Waals surface area contributed by atoms with Crippen molar-refractivity contribution in [2.24, 2.45) is 0 Å². The van der Waals surface area contributed by atoms with Crippen molar-refractivity contribution < 1.29 is 4.79 Å². The number of nitrogen functional groups attached to an aromatic ring is 1. The van der Waals surface area contributed by atoms with Crippen LogP contribution in [0.15, 0.2) is 0 Å². The largest absolute Gasteiger partial charge is 0.394 e. The maximum atomic E-state index is 11.9. The predicted molar refractivity (Wildman–Crippen MR) is 71.4 cm³/mol. The first-order chi connectivity index (χ1) is 8.41. The number of rotatable bonds is 3. The van der Waals surface area contributed by atoms with E-state index < -0.39 is 0 Å². The normalized spacial score (nSPS) is 19.9. The number of anilines is 2. The van der Waals surface area contributed by atoms with Gasteiger partial charge in [0.15, 0.2) is 0 Å². The number of hydrogen-bond donors (Lipinski definition) is 2. The summed E-state index contributed by atoms with van der Waals surface area (Å²) in [6.45, 7) is 6.74. The molecule has 1 aliphatic heterocycles. The van der Waals surface area contributed by atoms with E-state index in [0.717, 1.165) is 24.5 Å². The number of likely N-dealkylation sites (tertiary alicyclic amines) is 1. The summed E-state index contributed by atoms with van der Waals surface area (Å²) in [6, 6.07) is 0.0173. The van der Waals surface area contributed by atoms with Crippen LogP contribution < -0.4 is 11.1 Å². The zero-order valence-electron chi connectivity index (χ0n) is 11.4. The van der Waals surface area contributed by atoms with Crippen LogP contribution in [0.3, 0.4) is 0 Å². The van der Waals surface area contributed by atoms with E-state index >= 15 is 0 Å². The molecule has 0 aromatic carbocycles. The molecule has 0 spiro atoms. The minimum atomic E-state index is -0.189. The Hall–Kier alpha value is -1.72. The number of carbonyl (C=O) groups excluding carboxylic acids is 1. The molecular weight excluding hydrogens is 230 g/mol. The summed E-state index contributed by atoms with van der Waals surface area (Å²) in [4.78, 5) is 13.6. The summed E-state index contributed by atoms with van der Waals surface area (Å²) in [6.07, 6.45) is 0.803. The van der Waals surface area contributed by atoms with Gasteiger partial charge in [0.2, 0.25) is 5.91 Å². The smallest absolute Gasteiger partial charge is 0.244 e. The SMILES string of the molecule is Cc1nn(C(C)C)c(NC2CCN(C)C2=O)c1N. The van der Waals surface area contributed by atoms with Gasteiger partial charge in [0, 0.05) is 19.6 Å². The molecule has 1 aromatic heterocycles. The molecule has 6 nitrogen and oxygen atoms in total. The lowest BCUT2D eigenvalue weighted by Gasteiger charge is -2.17. The van der Waals surface area contributed by atoms with Gasteiger partial charge < -0.3 is 16.0 Å². The Morgan fingerprint density at radius 2 is 2.17 bits per heavy atom. The van der Waals surface area contributed by atoms with Gasteiger partial charge in [-0.05, 0) is 27.2 Å². The molecule has 2 heterocycles. The van der Waals surface area contributed by atoms with E-state index in [0.29, 0.717) is 5.69 Å². The van der Waals surface area contributed by atoms with Crippen LogP contribution in [-0.4, -0.2) is 40.2 Å². The molecule has 18 heavy (non-hydrogen) atoms. The highest BCUT2D eigenvalue weighted by molar-refractivity contribution is 5.87. The molecule has 0 radical (unpaired) electrons. The third-order valence-electron chi connectivity index (χ3n) is 3.36. The van der Waals surface area contributed by atoms with Gasteiger partial charge in [0.1, 0.15) is 11.9 Å². The number of amides is 1. The number of hydrogen-bond acceptors (Lipinski definition) is 4. The van der Waals surface area contributed by atoms with E-state index in [-0.39, 0.29) is 18.0 Å². The van der Waals surface area contributed by atoms with Crippen LogP contribution in [-0.2, 0) is 4.79 Å². The summed E-state index contributed by atoms with van der Waals surface area (Å²) in [5.41, 5.74) is 7.46. The first kappa shape index (κ1) is 12.7. The van der Waals surface area contributed by atoms with Crippen LogP contribution >= 0.6 is 0 Å². The van der Waals surface area contributed by atoms with Crippen molar-refractivity contribution in [2.75, 3.05) is 24.6 Å². The van der Waals surface area contributed by atoms with Crippen LogP contribution in [0, 0.1) is 6.92 Å². The van der Waals surface area contributed by atoms with Crippen LogP contribution in [0.25, 0.3) is 0 Å². The average molecular weight is 251 g/mol. The van der Waals surface area contributed by atoms with Crippen molar-refractivity contribution in [1.82, 2.24) is 14.7 Å². The van der Waals surface area contributed by atoms with Gasteiger partial charge in [0.05, 0.1) is 11.4 Å². The standard InChI is InChI=1S/C12H21N5O/c1-7(2)17-11(10(13)8(3)15-17)14-9-5-6-16(4)12(9)18/h7,9,14H,5-6,13H2,1-4H3. The number of nitrogens with two attached hydrogens (primary N) is 1. The van der Waals surface area contributed by atoms with Crippen LogP contribution in [0.2, 0.25) is 0 Å². The van der Waals surface area contributed by atoms with Gasteiger partial charge in [-0.25, -0.2) is 4.68 Å². The Balaban J connectivity index is 2.26. The van der Waals surface area contributed by atoms with Crippen molar-refractivity contribution in [3.05, 3.63) is 5.69 Å². The van der Waals surface area contributed by atoms with Crippen LogP contribution in [0.4, 0.5) is 11.5 Å². The van der Waals surface area contributed by atoms with Crippen LogP contribution in [0.1, 0.15) is 32.0 Å². The second-order valence-electron chi connectivity index (χ2n) is 5.13. The lowest BCUT2D eigenvalue weighted by Crippen LogP contribution is -2.32. The maximum absolute atomic E-state index is 11.9. The first-order valence-corrected chi connectivity index (χ1v) is 6.28. The number of aromatic nitrogens is 2. The molecule has 1 aliphatic rings. The summed E-state index contributed by atoms with van der Waals surface area (Å²) >= 11 is 0. The lowest BCUT2D eigenvalue weighted by atomic mass is 10.2. The van der Waals surface area contributed by atoms with E-state index in [1.807, 2.05) is 32.5 Å². The molecule has 6 heteroatoms. The molecule has 2 rings (SSSR count). The van der Waals surface area contributed by atoms with Crippen molar-refractivity contribution >= 4 is 17.4 Å². The molecule has 1 aromatic rings. The van der Waals surface area contributed by atoms with Gasteiger partial charge in [-0.3, -0.25) is 4.79 Å². The molecule has 1 saturated heterocycles. The summed E-state index contributed by atoms with van der Waals surface area (Å²) in [5, 5.41) is 7.64. The first-order valence-electron chi connectivity index (χ1n) is 6.28. The topological polar surface area (TPSA) is 76.2 Å². The molecule has 0 aliphatic carbocycles. The van der Waals surface area contributed by atoms with Gasteiger partial charge in [-0.1, -0.05) is 0 Å².